The molecule has 0 spiro atoms. The Kier molecular flexibility index (Phi) is 5.97. The minimum Gasteiger partial charge on any atom is -0.493 e. The molecule has 6 heteroatoms. The van der Waals surface area contributed by atoms with Gasteiger partial charge in [0.05, 0.1) is 19.9 Å². The van der Waals surface area contributed by atoms with Crippen LogP contribution < -0.4 is 14.8 Å². The number of ether oxygens (including phenoxy) is 2. The van der Waals surface area contributed by atoms with Crippen molar-refractivity contribution in [1.82, 2.24) is 5.32 Å². The Hall–Kier alpha value is -2.24. The van der Waals surface area contributed by atoms with E-state index in [4.69, 9.17) is 14.3 Å². The number of amides is 1. The van der Waals surface area contributed by atoms with Gasteiger partial charge in [-0.05, 0) is 80.9 Å². The third-order valence-corrected chi connectivity index (χ3v) is 6.56. The lowest BCUT2D eigenvalue weighted by molar-refractivity contribution is -0.131. The third-order valence-electron chi connectivity index (χ3n) is 6.56. The molecular weight excluding hydrogens is 368 g/mol. The second-order valence-corrected chi connectivity index (χ2v) is 9.01. The highest BCUT2D eigenvalue weighted by molar-refractivity contribution is 5.81. The maximum atomic E-state index is 12.4. The molecule has 158 valence electrons. The van der Waals surface area contributed by atoms with Crippen molar-refractivity contribution < 1.29 is 19.1 Å². The third kappa shape index (κ3) is 4.68. The maximum Gasteiger partial charge on any atom is 0.261 e. The highest BCUT2D eigenvalue weighted by Crippen LogP contribution is 2.55. The lowest BCUT2D eigenvalue weighted by Gasteiger charge is -2.56. The van der Waals surface area contributed by atoms with E-state index in [0.29, 0.717) is 18.1 Å². The van der Waals surface area contributed by atoms with Crippen LogP contribution >= 0.6 is 0 Å². The van der Waals surface area contributed by atoms with Crippen molar-refractivity contribution >= 4 is 12.1 Å². The first kappa shape index (κ1) is 20.0. The van der Waals surface area contributed by atoms with E-state index >= 15 is 0 Å². The summed E-state index contributed by atoms with van der Waals surface area (Å²) >= 11 is 0. The molecule has 0 saturated heterocycles. The number of carbonyl (C=O) groups is 1. The van der Waals surface area contributed by atoms with Gasteiger partial charge in [0.15, 0.2) is 18.1 Å². The normalized spacial score (nSPS) is 29.8. The van der Waals surface area contributed by atoms with Gasteiger partial charge >= 0.3 is 0 Å². The largest absolute Gasteiger partial charge is 0.493 e. The van der Waals surface area contributed by atoms with Gasteiger partial charge in [0.25, 0.3) is 5.91 Å². The fourth-order valence-corrected chi connectivity index (χ4v) is 5.89. The van der Waals surface area contributed by atoms with E-state index in [2.05, 4.69) is 17.4 Å². The molecule has 5 rings (SSSR count). The number of methoxy groups -OCH3 is 1. The SMILES string of the molecule is CCCOc1ccc(/C=N\OCC(=O)NC23CC4CC(CC(C4)C2)C3)cc1OC. The Morgan fingerprint density at radius 1 is 1.17 bits per heavy atom. The predicted molar refractivity (Wildman–Crippen MR) is 111 cm³/mol. The van der Waals surface area contributed by atoms with Crippen LogP contribution in [0.2, 0.25) is 0 Å². The van der Waals surface area contributed by atoms with Crippen LogP contribution in [0.5, 0.6) is 11.5 Å². The van der Waals surface area contributed by atoms with Gasteiger partial charge in [0.1, 0.15) is 0 Å². The topological polar surface area (TPSA) is 69.2 Å². The van der Waals surface area contributed by atoms with Crippen LogP contribution in [0, 0.1) is 17.8 Å². The Bertz CT molecular complexity index is 726. The van der Waals surface area contributed by atoms with Crippen molar-refractivity contribution in [3.63, 3.8) is 0 Å². The Labute approximate surface area is 173 Å². The number of rotatable bonds is 9. The first-order chi connectivity index (χ1) is 14.1. The van der Waals surface area contributed by atoms with Gasteiger partial charge in [0, 0.05) is 11.1 Å². The van der Waals surface area contributed by atoms with Crippen LogP contribution in [0.4, 0.5) is 0 Å². The van der Waals surface area contributed by atoms with Crippen LogP contribution in [-0.2, 0) is 9.63 Å². The number of hydrogen-bond acceptors (Lipinski definition) is 5. The number of hydrogen-bond donors (Lipinski definition) is 1. The van der Waals surface area contributed by atoms with Crippen LogP contribution in [0.3, 0.4) is 0 Å². The van der Waals surface area contributed by atoms with Crippen molar-refractivity contribution in [1.29, 1.82) is 0 Å². The zero-order chi connectivity index (χ0) is 20.3. The van der Waals surface area contributed by atoms with Crippen molar-refractivity contribution in [2.45, 2.75) is 57.4 Å². The van der Waals surface area contributed by atoms with Crippen LogP contribution in [0.15, 0.2) is 23.4 Å². The number of benzene rings is 1. The van der Waals surface area contributed by atoms with Crippen molar-refractivity contribution in [2.24, 2.45) is 22.9 Å². The van der Waals surface area contributed by atoms with E-state index < -0.39 is 0 Å². The van der Waals surface area contributed by atoms with Gasteiger partial charge in [0.2, 0.25) is 0 Å². The van der Waals surface area contributed by atoms with Crippen LogP contribution in [0.25, 0.3) is 0 Å². The summed E-state index contributed by atoms with van der Waals surface area (Å²) in [6, 6.07) is 5.58. The van der Waals surface area contributed by atoms with Gasteiger partial charge in [-0.25, -0.2) is 0 Å². The van der Waals surface area contributed by atoms with E-state index in [0.717, 1.165) is 49.0 Å². The molecule has 0 aliphatic heterocycles. The lowest BCUT2D eigenvalue weighted by atomic mass is 9.53. The summed E-state index contributed by atoms with van der Waals surface area (Å²) in [5.41, 5.74) is 0.841. The summed E-state index contributed by atoms with van der Waals surface area (Å²) in [4.78, 5) is 17.7. The summed E-state index contributed by atoms with van der Waals surface area (Å²) in [6.45, 7) is 2.66. The van der Waals surface area contributed by atoms with Gasteiger partial charge in [-0.15, -0.1) is 0 Å². The fraction of sp³-hybridized carbons (Fsp3) is 0.652. The molecule has 1 N–H and O–H groups in total. The van der Waals surface area contributed by atoms with E-state index in [1.165, 1.54) is 19.3 Å². The van der Waals surface area contributed by atoms with Gasteiger partial charge in [-0.1, -0.05) is 12.1 Å². The molecule has 4 saturated carbocycles. The molecule has 0 heterocycles. The molecule has 4 aliphatic rings. The Morgan fingerprint density at radius 3 is 2.48 bits per heavy atom. The minimum absolute atomic E-state index is 0.0145. The molecule has 1 aromatic carbocycles. The van der Waals surface area contributed by atoms with E-state index in [9.17, 15) is 4.79 Å². The fourth-order valence-electron chi connectivity index (χ4n) is 5.89. The molecule has 1 aromatic rings. The summed E-state index contributed by atoms with van der Waals surface area (Å²) in [5.74, 6) is 3.72. The highest BCUT2D eigenvalue weighted by Gasteiger charge is 2.51. The number of carbonyl (C=O) groups excluding carboxylic acids is 1. The lowest BCUT2D eigenvalue weighted by Crippen LogP contribution is -2.60. The molecule has 29 heavy (non-hydrogen) atoms. The van der Waals surface area contributed by atoms with E-state index in [-0.39, 0.29) is 18.1 Å². The van der Waals surface area contributed by atoms with E-state index in [1.54, 1.807) is 13.3 Å². The second-order valence-electron chi connectivity index (χ2n) is 9.01. The molecular formula is C23H32N2O4. The molecule has 0 unspecified atom stereocenters. The zero-order valence-corrected chi connectivity index (χ0v) is 17.5. The van der Waals surface area contributed by atoms with E-state index in [1.807, 2.05) is 18.2 Å². The summed E-state index contributed by atoms with van der Waals surface area (Å²) in [5, 5.41) is 7.26. The smallest absolute Gasteiger partial charge is 0.261 e. The molecule has 1 amide bonds. The number of nitrogens with one attached hydrogen (secondary N) is 1. The summed E-state index contributed by atoms with van der Waals surface area (Å²) < 4.78 is 11.0. The molecule has 0 aromatic heterocycles. The van der Waals surface area contributed by atoms with Crippen LogP contribution in [-0.4, -0.2) is 38.0 Å². The van der Waals surface area contributed by atoms with Crippen molar-refractivity contribution in [3.8, 4) is 11.5 Å². The van der Waals surface area contributed by atoms with Crippen molar-refractivity contribution in [2.75, 3.05) is 20.3 Å². The molecule has 6 nitrogen and oxygen atoms in total. The Balaban J connectivity index is 1.26. The first-order valence-electron chi connectivity index (χ1n) is 10.9. The van der Waals surface area contributed by atoms with Crippen LogP contribution in [0.1, 0.15) is 57.4 Å². The highest BCUT2D eigenvalue weighted by atomic mass is 16.6. The number of nitrogens with zero attached hydrogens (tertiary/aromatic N) is 1. The van der Waals surface area contributed by atoms with Gasteiger partial charge in [-0.2, -0.15) is 0 Å². The predicted octanol–water partition coefficient (Wildman–Crippen LogP) is 3.92. The van der Waals surface area contributed by atoms with Crippen molar-refractivity contribution in [3.05, 3.63) is 23.8 Å². The minimum atomic E-state index is -0.0648. The summed E-state index contributed by atoms with van der Waals surface area (Å²) in [6.07, 6.45) is 10.0. The average molecular weight is 401 g/mol. The quantitative estimate of drug-likeness (QED) is 0.504. The zero-order valence-electron chi connectivity index (χ0n) is 17.5. The Morgan fingerprint density at radius 2 is 1.86 bits per heavy atom. The molecule has 4 bridgehead atoms. The monoisotopic (exact) mass is 400 g/mol. The second kappa shape index (κ2) is 8.64. The van der Waals surface area contributed by atoms with Gasteiger partial charge < -0.3 is 19.6 Å². The molecule has 0 atom stereocenters. The molecule has 4 aliphatic carbocycles. The van der Waals surface area contributed by atoms with Gasteiger partial charge in [-0.3, -0.25) is 4.79 Å². The average Bonchev–Trinajstić information content (AvgIpc) is 2.68. The molecule has 0 radical (unpaired) electrons. The first-order valence-corrected chi connectivity index (χ1v) is 10.9. The summed E-state index contributed by atoms with van der Waals surface area (Å²) in [7, 11) is 1.61. The standard InChI is InChI=1S/C23H32N2O4/c1-3-6-28-20-5-4-16(10-21(20)27-2)14-24-29-15-22(26)25-23-11-17-7-18(12-23)9-19(8-17)13-23/h4-5,10,14,17-19H,3,6-9,11-13,15H2,1-2H3,(H,25,26)/b24-14-. The maximum absolute atomic E-state index is 12.4. The number of oxime groups is 1. The molecule has 4 fully saturated rings.